The molecule has 0 aromatic rings. The van der Waals surface area contributed by atoms with Crippen LogP contribution >= 0.6 is 0 Å². The Labute approximate surface area is 508 Å². The number of esters is 3. The van der Waals surface area contributed by atoms with Gasteiger partial charge in [-0.15, -0.1) is 0 Å². The molecular weight excluding hydrogens is 1010 g/mol. The highest BCUT2D eigenvalue weighted by Crippen LogP contribution is 2.17. The fraction of sp³-hybridized carbons (Fsp3) is 0.750. The number of ether oxygens (including phenoxy) is 3. The van der Waals surface area contributed by atoms with Crippen molar-refractivity contribution in [3.8, 4) is 0 Å². The highest BCUT2D eigenvalue weighted by molar-refractivity contribution is 5.71. The van der Waals surface area contributed by atoms with Crippen LogP contribution in [0.4, 0.5) is 0 Å². The SMILES string of the molecule is CC/C=C\C/C=C\C/C=C\C/C=C\C/C=C\C/C=C\CCCCCCCCCCCCC(=O)OCC(COC(=O)CCCCCCC/C=C\CCCCCCCCC)OC(=O)CCCCCCCCCCC/C=C\CCCCCCCC. The average Bonchev–Trinajstić information content (AvgIpc) is 3.47. The molecule has 0 spiro atoms. The maximum Gasteiger partial charge on any atom is 0.306 e. The van der Waals surface area contributed by atoms with Gasteiger partial charge in [-0.25, -0.2) is 0 Å². The lowest BCUT2D eigenvalue weighted by atomic mass is 10.0. The van der Waals surface area contributed by atoms with Gasteiger partial charge in [-0.2, -0.15) is 0 Å². The third kappa shape index (κ3) is 67.1. The molecule has 0 rings (SSSR count). The van der Waals surface area contributed by atoms with Gasteiger partial charge in [0.2, 0.25) is 0 Å². The van der Waals surface area contributed by atoms with E-state index in [1.807, 2.05) is 0 Å². The minimum Gasteiger partial charge on any atom is -0.462 e. The number of hydrogen-bond acceptors (Lipinski definition) is 6. The third-order valence-electron chi connectivity index (χ3n) is 15.3. The second kappa shape index (κ2) is 69.8. The normalized spacial score (nSPS) is 12.7. The molecule has 0 fully saturated rings. The number of hydrogen-bond donors (Lipinski definition) is 0. The molecule has 0 saturated heterocycles. The molecule has 0 heterocycles. The molecule has 0 aliphatic rings. The van der Waals surface area contributed by atoms with Gasteiger partial charge < -0.3 is 14.2 Å². The van der Waals surface area contributed by atoms with Crippen molar-refractivity contribution in [2.45, 2.75) is 354 Å². The summed E-state index contributed by atoms with van der Waals surface area (Å²) in [5, 5.41) is 0. The first-order valence-electron chi connectivity index (χ1n) is 35.2. The third-order valence-corrected chi connectivity index (χ3v) is 15.3. The Morgan fingerprint density at radius 3 is 0.756 bits per heavy atom. The van der Waals surface area contributed by atoms with Gasteiger partial charge in [0.25, 0.3) is 0 Å². The predicted molar refractivity (Wildman–Crippen MR) is 357 cm³/mol. The van der Waals surface area contributed by atoms with Gasteiger partial charge in [0.1, 0.15) is 13.2 Å². The Kier molecular flexibility index (Phi) is 66.7. The molecule has 0 aromatic heterocycles. The lowest BCUT2D eigenvalue weighted by Crippen LogP contribution is -2.30. The molecular formula is C76H132O6. The van der Waals surface area contributed by atoms with E-state index in [-0.39, 0.29) is 31.1 Å². The lowest BCUT2D eigenvalue weighted by Gasteiger charge is -2.18. The van der Waals surface area contributed by atoms with Crippen LogP contribution in [-0.2, 0) is 28.6 Å². The Bertz CT molecular complexity index is 1590. The van der Waals surface area contributed by atoms with E-state index in [0.717, 1.165) is 103 Å². The van der Waals surface area contributed by atoms with Gasteiger partial charge in [-0.1, -0.05) is 304 Å². The second-order valence-corrected chi connectivity index (χ2v) is 23.4. The quantitative estimate of drug-likeness (QED) is 0.0261. The summed E-state index contributed by atoms with van der Waals surface area (Å²) in [5.74, 6) is -0.879. The Hall–Kier alpha value is -3.67. The molecule has 0 radical (unpaired) electrons. The van der Waals surface area contributed by atoms with E-state index in [2.05, 4.69) is 118 Å². The van der Waals surface area contributed by atoms with E-state index in [9.17, 15) is 14.4 Å². The van der Waals surface area contributed by atoms with Crippen LogP contribution in [0.2, 0.25) is 0 Å². The van der Waals surface area contributed by atoms with Gasteiger partial charge in [-0.05, 0) is 122 Å². The van der Waals surface area contributed by atoms with E-state index in [1.54, 1.807) is 0 Å². The average molecular weight is 1140 g/mol. The summed E-state index contributed by atoms with van der Waals surface area (Å²) in [6, 6.07) is 0. The summed E-state index contributed by atoms with van der Waals surface area (Å²) in [6.45, 7) is 6.55. The van der Waals surface area contributed by atoms with Gasteiger partial charge >= 0.3 is 17.9 Å². The second-order valence-electron chi connectivity index (χ2n) is 23.4. The van der Waals surface area contributed by atoms with Crippen LogP contribution in [0.15, 0.2) is 97.2 Å². The zero-order valence-electron chi connectivity index (χ0n) is 54.2. The molecule has 6 heteroatoms. The Balaban J connectivity index is 4.33. The van der Waals surface area contributed by atoms with Crippen molar-refractivity contribution in [3.63, 3.8) is 0 Å². The lowest BCUT2D eigenvalue weighted by molar-refractivity contribution is -0.167. The molecule has 82 heavy (non-hydrogen) atoms. The summed E-state index contributed by atoms with van der Waals surface area (Å²) in [4.78, 5) is 38.5. The predicted octanol–water partition coefficient (Wildman–Crippen LogP) is 24.4. The fourth-order valence-electron chi connectivity index (χ4n) is 10.0. The van der Waals surface area contributed by atoms with Crippen LogP contribution in [-0.4, -0.2) is 37.2 Å². The van der Waals surface area contributed by atoms with E-state index >= 15 is 0 Å². The first kappa shape index (κ1) is 78.3. The Morgan fingerprint density at radius 1 is 0.256 bits per heavy atom. The summed E-state index contributed by atoms with van der Waals surface area (Å²) < 4.78 is 17.0. The molecule has 6 nitrogen and oxygen atoms in total. The molecule has 1 atom stereocenters. The van der Waals surface area contributed by atoms with Crippen molar-refractivity contribution in [1.82, 2.24) is 0 Å². The Morgan fingerprint density at radius 2 is 0.476 bits per heavy atom. The number of unbranched alkanes of at least 4 members (excludes halogenated alkanes) is 37. The number of rotatable bonds is 64. The van der Waals surface area contributed by atoms with Gasteiger partial charge in [0.05, 0.1) is 0 Å². The smallest absolute Gasteiger partial charge is 0.306 e. The molecule has 1 unspecified atom stereocenters. The molecule has 0 aliphatic carbocycles. The molecule has 0 amide bonds. The first-order valence-corrected chi connectivity index (χ1v) is 35.2. The highest BCUT2D eigenvalue weighted by atomic mass is 16.6. The van der Waals surface area contributed by atoms with E-state index in [4.69, 9.17) is 14.2 Å². The zero-order valence-corrected chi connectivity index (χ0v) is 54.2. The standard InChI is InChI=1S/C76H132O6/c1-4-7-10-13-16-19-22-25-28-31-33-34-35-36-37-38-39-40-41-42-44-45-48-51-54-57-60-63-66-69-75(78)81-72-73(71-80-74(77)68-65-62-59-56-53-50-47-30-27-24-21-18-15-12-9-6-3)82-76(79)70-67-64-61-58-55-52-49-46-43-32-29-26-23-20-17-14-11-8-5-2/h7,10,16,19,25-26,28-30,33-34,36-37,39-40,47,73H,4-6,8-9,11-15,17-18,20-24,27,31-32,35,38,41-46,48-72H2,1-3H3/b10-7-,19-16-,28-25-,29-26-,34-33-,37-36-,40-39-,47-30-. The minimum absolute atomic E-state index is 0.0811. The van der Waals surface area contributed by atoms with Crippen molar-refractivity contribution in [3.05, 3.63) is 97.2 Å². The van der Waals surface area contributed by atoms with Crippen molar-refractivity contribution in [2.75, 3.05) is 13.2 Å². The van der Waals surface area contributed by atoms with E-state index < -0.39 is 6.10 Å². The van der Waals surface area contributed by atoms with Crippen molar-refractivity contribution < 1.29 is 28.6 Å². The van der Waals surface area contributed by atoms with Crippen LogP contribution < -0.4 is 0 Å². The summed E-state index contributed by atoms with van der Waals surface area (Å²) >= 11 is 0. The minimum atomic E-state index is -0.785. The number of allylic oxidation sites excluding steroid dienone is 16. The molecule has 0 aromatic carbocycles. The monoisotopic (exact) mass is 1140 g/mol. The van der Waals surface area contributed by atoms with Crippen LogP contribution in [0, 0.1) is 0 Å². The number of carbonyl (C=O) groups is 3. The van der Waals surface area contributed by atoms with E-state index in [0.29, 0.717) is 19.3 Å². The van der Waals surface area contributed by atoms with Crippen LogP contribution in [0.3, 0.4) is 0 Å². The highest BCUT2D eigenvalue weighted by Gasteiger charge is 2.19. The van der Waals surface area contributed by atoms with Gasteiger partial charge in [-0.3, -0.25) is 14.4 Å². The molecule has 472 valence electrons. The topological polar surface area (TPSA) is 78.9 Å². The maximum absolute atomic E-state index is 13.0. The first-order chi connectivity index (χ1) is 40.5. The van der Waals surface area contributed by atoms with Crippen LogP contribution in [0.5, 0.6) is 0 Å². The maximum atomic E-state index is 13.0. The summed E-state index contributed by atoms with van der Waals surface area (Å²) in [7, 11) is 0. The van der Waals surface area contributed by atoms with Crippen molar-refractivity contribution in [1.29, 1.82) is 0 Å². The van der Waals surface area contributed by atoms with Crippen molar-refractivity contribution >= 4 is 17.9 Å². The zero-order chi connectivity index (χ0) is 59.2. The largest absolute Gasteiger partial charge is 0.462 e. The van der Waals surface area contributed by atoms with Crippen LogP contribution in [0.1, 0.15) is 348 Å². The van der Waals surface area contributed by atoms with Gasteiger partial charge in [0.15, 0.2) is 6.10 Å². The molecule has 0 N–H and O–H groups in total. The molecule has 0 bridgehead atoms. The fourth-order valence-corrected chi connectivity index (χ4v) is 10.0. The molecule has 0 aliphatic heterocycles. The summed E-state index contributed by atoms with van der Waals surface area (Å²) in [5.41, 5.74) is 0. The summed E-state index contributed by atoms with van der Waals surface area (Å²) in [6.07, 6.45) is 94.2. The van der Waals surface area contributed by atoms with Crippen molar-refractivity contribution in [2.24, 2.45) is 0 Å². The van der Waals surface area contributed by atoms with Gasteiger partial charge in [0, 0.05) is 19.3 Å². The van der Waals surface area contributed by atoms with E-state index in [1.165, 1.54) is 205 Å². The molecule has 0 saturated carbocycles. The van der Waals surface area contributed by atoms with Crippen LogP contribution in [0.25, 0.3) is 0 Å². The number of carbonyl (C=O) groups excluding carboxylic acids is 3.